The largest absolute Gasteiger partial charge is 0.284 e. The molecule has 1 aromatic carbocycles. The molecule has 0 bridgehead atoms. The normalized spacial score (nSPS) is 10.5. The van der Waals surface area contributed by atoms with Crippen molar-refractivity contribution in [2.45, 2.75) is 0 Å². The maximum atomic E-state index is 10.6. The summed E-state index contributed by atoms with van der Waals surface area (Å²) in [6.07, 6.45) is 1.64. The van der Waals surface area contributed by atoms with E-state index in [-0.39, 0.29) is 5.69 Å². The van der Waals surface area contributed by atoms with Gasteiger partial charge in [0.2, 0.25) is 0 Å². The number of nitro benzene ring substituents is 1. The monoisotopic (exact) mass is 289 g/mol. The molecule has 0 radical (unpaired) electrons. The third-order valence-electron chi connectivity index (χ3n) is 1.70. The van der Waals surface area contributed by atoms with Crippen LogP contribution in [0.25, 0.3) is 10.9 Å². The van der Waals surface area contributed by atoms with Gasteiger partial charge >= 0.3 is 0 Å². The number of nitrogens with zero attached hydrogens (tertiary/aromatic N) is 2. The first kappa shape index (κ1) is 8.42. The van der Waals surface area contributed by atoms with Crippen LogP contribution in [0.2, 0.25) is 0 Å². The maximum absolute atomic E-state index is 10.6. The summed E-state index contributed by atoms with van der Waals surface area (Å²) in [5.41, 5.74) is 0.796. The van der Waals surface area contributed by atoms with Gasteiger partial charge in [-0.05, 0) is 28.7 Å². The predicted molar refractivity (Wildman–Crippen MR) is 55.5 cm³/mol. The molecular formula is C7H4IN3O2. The van der Waals surface area contributed by atoms with Crippen LogP contribution in [0.5, 0.6) is 0 Å². The molecule has 1 heterocycles. The second-order valence-corrected chi connectivity index (χ2v) is 3.68. The SMILES string of the molecule is O=[N+]([O-])c1cc2[nH]ncc2cc1I. The summed E-state index contributed by atoms with van der Waals surface area (Å²) in [4.78, 5) is 10.2. The van der Waals surface area contributed by atoms with Crippen molar-refractivity contribution in [1.29, 1.82) is 0 Å². The second kappa shape index (κ2) is 2.95. The van der Waals surface area contributed by atoms with Gasteiger partial charge in [-0.25, -0.2) is 0 Å². The lowest BCUT2D eigenvalue weighted by atomic mass is 10.2. The zero-order valence-electron chi connectivity index (χ0n) is 6.32. The molecule has 2 aromatic rings. The van der Waals surface area contributed by atoms with Crippen LogP contribution in [-0.2, 0) is 0 Å². The van der Waals surface area contributed by atoms with Gasteiger partial charge in [0.25, 0.3) is 5.69 Å². The van der Waals surface area contributed by atoms with Gasteiger partial charge in [0.1, 0.15) is 0 Å². The predicted octanol–water partition coefficient (Wildman–Crippen LogP) is 2.08. The lowest BCUT2D eigenvalue weighted by molar-refractivity contribution is -0.385. The summed E-state index contributed by atoms with van der Waals surface area (Å²) < 4.78 is 0.622. The highest BCUT2D eigenvalue weighted by Crippen LogP contribution is 2.25. The first-order chi connectivity index (χ1) is 6.18. The molecule has 1 aromatic heterocycles. The Morgan fingerprint density at radius 2 is 2.31 bits per heavy atom. The first-order valence-corrected chi connectivity index (χ1v) is 4.53. The zero-order valence-corrected chi connectivity index (χ0v) is 8.48. The molecule has 6 heteroatoms. The van der Waals surface area contributed by atoms with Gasteiger partial charge in [0.05, 0.1) is 20.2 Å². The van der Waals surface area contributed by atoms with Crippen molar-refractivity contribution in [1.82, 2.24) is 10.2 Å². The third-order valence-corrected chi connectivity index (χ3v) is 2.57. The molecule has 1 N–H and O–H groups in total. The molecule has 0 aliphatic heterocycles. The number of hydrogen-bond donors (Lipinski definition) is 1. The Morgan fingerprint density at radius 3 is 3.00 bits per heavy atom. The van der Waals surface area contributed by atoms with E-state index in [1.165, 1.54) is 6.07 Å². The first-order valence-electron chi connectivity index (χ1n) is 3.45. The maximum Gasteiger partial charge on any atom is 0.284 e. The van der Waals surface area contributed by atoms with Crippen LogP contribution in [-0.4, -0.2) is 15.1 Å². The molecule has 0 fully saturated rings. The van der Waals surface area contributed by atoms with Crippen molar-refractivity contribution in [2.75, 3.05) is 0 Å². The topological polar surface area (TPSA) is 71.8 Å². The molecule has 0 spiro atoms. The number of hydrogen-bond acceptors (Lipinski definition) is 3. The number of fused-ring (bicyclic) bond motifs is 1. The van der Waals surface area contributed by atoms with E-state index in [1.807, 2.05) is 22.6 Å². The molecule has 66 valence electrons. The Labute approximate surface area is 86.4 Å². The van der Waals surface area contributed by atoms with Crippen LogP contribution in [0.15, 0.2) is 18.3 Å². The summed E-state index contributed by atoms with van der Waals surface area (Å²) in [6.45, 7) is 0. The molecule has 0 aliphatic rings. The van der Waals surface area contributed by atoms with Crippen LogP contribution >= 0.6 is 22.6 Å². The molecule has 0 saturated heterocycles. The molecule has 0 aliphatic carbocycles. The lowest BCUT2D eigenvalue weighted by Gasteiger charge is -1.94. The van der Waals surface area contributed by atoms with E-state index in [0.717, 1.165) is 5.39 Å². The summed E-state index contributed by atoms with van der Waals surface area (Å²) in [6, 6.07) is 3.22. The van der Waals surface area contributed by atoms with Crippen LogP contribution in [0.4, 0.5) is 5.69 Å². The summed E-state index contributed by atoms with van der Waals surface area (Å²) in [7, 11) is 0. The van der Waals surface area contributed by atoms with Crippen molar-refractivity contribution in [3.05, 3.63) is 32.0 Å². The van der Waals surface area contributed by atoms with Crippen LogP contribution in [0.3, 0.4) is 0 Å². The van der Waals surface area contributed by atoms with Crippen molar-refractivity contribution >= 4 is 39.2 Å². The van der Waals surface area contributed by atoms with Crippen molar-refractivity contribution in [3.63, 3.8) is 0 Å². The van der Waals surface area contributed by atoms with Gasteiger partial charge in [-0.1, -0.05) is 0 Å². The van der Waals surface area contributed by atoms with Gasteiger partial charge < -0.3 is 0 Å². The number of rotatable bonds is 1. The second-order valence-electron chi connectivity index (χ2n) is 2.52. The van der Waals surface area contributed by atoms with E-state index in [2.05, 4.69) is 10.2 Å². The fraction of sp³-hybridized carbons (Fsp3) is 0. The fourth-order valence-corrected chi connectivity index (χ4v) is 1.78. The molecule has 13 heavy (non-hydrogen) atoms. The average molecular weight is 289 g/mol. The van der Waals surface area contributed by atoms with E-state index in [9.17, 15) is 10.1 Å². The van der Waals surface area contributed by atoms with Crippen LogP contribution in [0.1, 0.15) is 0 Å². The van der Waals surface area contributed by atoms with Gasteiger partial charge in [-0.15, -0.1) is 0 Å². The van der Waals surface area contributed by atoms with Crippen LogP contribution in [0, 0.1) is 13.7 Å². The fourth-order valence-electron chi connectivity index (χ4n) is 1.09. The number of nitrogens with one attached hydrogen (secondary N) is 1. The van der Waals surface area contributed by atoms with Crippen molar-refractivity contribution in [2.24, 2.45) is 0 Å². The van der Waals surface area contributed by atoms with E-state index >= 15 is 0 Å². The number of H-pyrrole nitrogens is 1. The Hall–Kier alpha value is -1.18. The van der Waals surface area contributed by atoms with Gasteiger partial charge in [-0.3, -0.25) is 15.2 Å². The Balaban J connectivity index is 2.76. The minimum Gasteiger partial charge on any atom is -0.278 e. The zero-order chi connectivity index (χ0) is 9.42. The van der Waals surface area contributed by atoms with Gasteiger partial charge in [0.15, 0.2) is 0 Å². The highest BCUT2D eigenvalue weighted by molar-refractivity contribution is 14.1. The Kier molecular flexibility index (Phi) is 1.91. The number of aromatic amines is 1. The molecule has 0 saturated carbocycles. The quantitative estimate of drug-likeness (QED) is 0.496. The molecule has 2 rings (SSSR count). The van der Waals surface area contributed by atoms with Crippen molar-refractivity contribution < 1.29 is 4.92 Å². The summed E-state index contributed by atoms with van der Waals surface area (Å²) in [5, 5.41) is 17.9. The average Bonchev–Trinajstić information content (AvgIpc) is 2.48. The highest BCUT2D eigenvalue weighted by Gasteiger charge is 2.13. The number of halogens is 1. The highest BCUT2D eigenvalue weighted by atomic mass is 127. The van der Waals surface area contributed by atoms with Gasteiger partial charge in [0, 0.05) is 11.5 Å². The summed E-state index contributed by atoms with van der Waals surface area (Å²) >= 11 is 1.94. The molecule has 0 amide bonds. The Bertz CT molecular complexity index is 480. The number of nitro groups is 1. The molecular weight excluding hydrogens is 285 g/mol. The molecule has 0 unspecified atom stereocenters. The van der Waals surface area contributed by atoms with Gasteiger partial charge in [-0.2, -0.15) is 5.10 Å². The van der Waals surface area contributed by atoms with E-state index in [1.54, 1.807) is 12.3 Å². The minimum absolute atomic E-state index is 0.109. The van der Waals surface area contributed by atoms with E-state index in [0.29, 0.717) is 9.09 Å². The van der Waals surface area contributed by atoms with Crippen LogP contribution < -0.4 is 0 Å². The number of benzene rings is 1. The minimum atomic E-state index is -0.401. The number of aromatic nitrogens is 2. The standard InChI is InChI=1S/C7H4IN3O2/c8-5-1-4-3-9-10-6(4)2-7(5)11(12)13/h1-3H,(H,9,10). The van der Waals surface area contributed by atoms with E-state index < -0.39 is 4.92 Å². The molecule has 5 nitrogen and oxygen atoms in total. The smallest absolute Gasteiger partial charge is 0.278 e. The molecule has 0 atom stereocenters. The third kappa shape index (κ3) is 1.37. The van der Waals surface area contributed by atoms with Crippen molar-refractivity contribution in [3.8, 4) is 0 Å². The van der Waals surface area contributed by atoms with E-state index in [4.69, 9.17) is 0 Å². The summed E-state index contributed by atoms with van der Waals surface area (Å²) in [5.74, 6) is 0. The lowest BCUT2D eigenvalue weighted by Crippen LogP contribution is -1.90. The Morgan fingerprint density at radius 1 is 1.54 bits per heavy atom.